The summed E-state index contributed by atoms with van der Waals surface area (Å²) in [6, 6.07) is 3.97. The first kappa shape index (κ1) is 19.4. The maximum absolute atomic E-state index is 9.29. The van der Waals surface area contributed by atoms with Crippen LogP contribution < -0.4 is 14.2 Å². The Balaban J connectivity index is 1.83. The fraction of sp³-hybridized carbons (Fsp3) is 0.579. The Morgan fingerprint density at radius 3 is 2.67 bits per heavy atom. The van der Waals surface area contributed by atoms with E-state index < -0.39 is 0 Å². The number of nitrogens with zero attached hydrogens (tertiary/aromatic N) is 3. The van der Waals surface area contributed by atoms with Crippen molar-refractivity contribution in [2.75, 3.05) is 34.5 Å². The summed E-state index contributed by atoms with van der Waals surface area (Å²) in [5, 5.41) is 13.4. The van der Waals surface area contributed by atoms with Crippen molar-refractivity contribution in [3.05, 3.63) is 18.0 Å². The fourth-order valence-corrected chi connectivity index (χ4v) is 3.62. The molecule has 148 valence electrons. The molecule has 1 N–H and O–H groups in total. The lowest BCUT2D eigenvalue weighted by atomic mass is 10.00. The van der Waals surface area contributed by atoms with Crippen LogP contribution in [0.15, 0.2) is 16.7 Å². The van der Waals surface area contributed by atoms with Crippen LogP contribution in [0, 0.1) is 0 Å². The standard InChI is InChI=1S/C19H27N3O5/c1-24-15-8-7-14(17(25-2)18(15)26-3)19-20-16(27-21-19)12-22-10-5-4-6-13(22)9-11-23/h7-8,13,23H,4-6,9-12H2,1-3H3/t13-/m1/s1. The van der Waals surface area contributed by atoms with Crippen molar-refractivity contribution in [2.24, 2.45) is 0 Å². The van der Waals surface area contributed by atoms with Crippen LogP contribution in [0.4, 0.5) is 0 Å². The molecule has 1 aliphatic rings. The Labute approximate surface area is 159 Å². The fourth-order valence-electron chi connectivity index (χ4n) is 3.62. The Hall–Kier alpha value is -2.32. The van der Waals surface area contributed by atoms with Crippen LogP contribution in [0.1, 0.15) is 31.6 Å². The number of benzene rings is 1. The molecule has 2 aromatic rings. The molecule has 0 unspecified atom stereocenters. The third kappa shape index (κ3) is 4.17. The van der Waals surface area contributed by atoms with E-state index in [9.17, 15) is 5.11 Å². The number of aromatic nitrogens is 2. The number of likely N-dealkylation sites (tertiary alicyclic amines) is 1. The maximum Gasteiger partial charge on any atom is 0.241 e. The van der Waals surface area contributed by atoms with Crippen molar-refractivity contribution in [1.82, 2.24) is 15.0 Å². The molecular weight excluding hydrogens is 350 g/mol. The van der Waals surface area contributed by atoms with Crippen LogP contribution >= 0.6 is 0 Å². The monoisotopic (exact) mass is 377 g/mol. The molecule has 1 fully saturated rings. The number of aliphatic hydroxyl groups is 1. The highest BCUT2D eigenvalue weighted by Crippen LogP contribution is 2.43. The van der Waals surface area contributed by atoms with Gasteiger partial charge in [-0.2, -0.15) is 4.98 Å². The number of hydrogen-bond donors (Lipinski definition) is 1. The van der Waals surface area contributed by atoms with Gasteiger partial charge in [0.05, 0.1) is 33.4 Å². The third-order valence-corrected chi connectivity index (χ3v) is 4.96. The number of rotatable bonds is 8. The highest BCUT2D eigenvalue weighted by molar-refractivity contribution is 5.71. The second-order valence-electron chi connectivity index (χ2n) is 6.53. The quantitative estimate of drug-likeness (QED) is 0.750. The van der Waals surface area contributed by atoms with Gasteiger partial charge in [0.25, 0.3) is 0 Å². The van der Waals surface area contributed by atoms with Crippen molar-refractivity contribution >= 4 is 0 Å². The summed E-state index contributed by atoms with van der Waals surface area (Å²) in [6.45, 7) is 1.74. The summed E-state index contributed by atoms with van der Waals surface area (Å²) in [5.41, 5.74) is 0.677. The van der Waals surface area contributed by atoms with Crippen molar-refractivity contribution in [3.8, 4) is 28.6 Å². The molecule has 0 saturated carbocycles. The molecule has 1 atom stereocenters. The van der Waals surface area contributed by atoms with E-state index in [4.69, 9.17) is 18.7 Å². The Morgan fingerprint density at radius 2 is 1.96 bits per heavy atom. The molecule has 8 nitrogen and oxygen atoms in total. The van der Waals surface area contributed by atoms with Crippen LogP contribution in [0.5, 0.6) is 17.2 Å². The van der Waals surface area contributed by atoms with Crippen LogP contribution in [-0.2, 0) is 6.54 Å². The first-order valence-corrected chi connectivity index (χ1v) is 9.18. The Kier molecular flexibility index (Phi) is 6.52. The largest absolute Gasteiger partial charge is 0.493 e. The molecule has 0 spiro atoms. The number of methoxy groups -OCH3 is 3. The smallest absolute Gasteiger partial charge is 0.241 e. The molecule has 0 amide bonds. The van der Waals surface area contributed by atoms with E-state index >= 15 is 0 Å². The van der Waals surface area contributed by atoms with E-state index in [0.717, 1.165) is 25.8 Å². The van der Waals surface area contributed by atoms with Crippen molar-refractivity contribution < 1.29 is 23.8 Å². The zero-order valence-electron chi connectivity index (χ0n) is 16.1. The number of ether oxygens (including phenoxy) is 3. The predicted molar refractivity (Wildman–Crippen MR) is 99.1 cm³/mol. The van der Waals surface area contributed by atoms with Crippen LogP contribution in [0.25, 0.3) is 11.4 Å². The molecule has 2 heterocycles. The summed E-state index contributed by atoms with van der Waals surface area (Å²) >= 11 is 0. The van der Waals surface area contributed by atoms with Gasteiger partial charge in [0.1, 0.15) is 0 Å². The minimum Gasteiger partial charge on any atom is -0.493 e. The summed E-state index contributed by atoms with van der Waals surface area (Å²) in [4.78, 5) is 6.86. The molecule has 1 aromatic carbocycles. The van der Waals surface area contributed by atoms with E-state index in [1.54, 1.807) is 27.4 Å². The van der Waals surface area contributed by atoms with Gasteiger partial charge in [-0.15, -0.1) is 0 Å². The van der Waals surface area contributed by atoms with E-state index in [-0.39, 0.29) is 6.61 Å². The van der Waals surface area contributed by atoms with Crippen molar-refractivity contribution in [2.45, 2.75) is 38.3 Å². The molecule has 0 radical (unpaired) electrons. The molecular formula is C19H27N3O5. The van der Waals surface area contributed by atoms with Crippen LogP contribution in [-0.4, -0.2) is 60.7 Å². The predicted octanol–water partition coefficient (Wildman–Crippen LogP) is 2.50. The lowest BCUT2D eigenvalue weighted by Crippen LogP contribution is -2.39. The maximum atomic E-state index is 9.29. The van der Waals surface area contributed by atoms with Gasteiger partial charge in [0.15, 0.2) is 11.5 Å². The molecule has 1 aliphatic heterocycles. The molecule has 1 aromatic heterocycles. The van der Waals surface area contributed by atoms with E-state index in [2.05, 4.69) is 15.0 Å². The Morgan fingerprint density at radius 1 is 1.15 bits per heavy atom. The minimum absolute atomic E-state index is 0.194. The van der Waals surface area contributed by atoms with Gasteiger partial charge in [-0.25, -0.2) is 0 Å². The van der Waals surface area contributed by atoms with Gasteiger partial charge in [0.2, 0.25) is 17.5 Å². The summed E-state index contributed by atoms with van der Waals surface area (Å²) in [6.07, 6.45) is 4.20. The average Bonchev–Trinajstić information content (AvgIpc) is 3.16. The van der Waals surface area contributed by atoms with Gasteiger partial charge in [0, 0.05) is 12.6 Å². The molecule has 27 heavy (non-hydrogen) atoms. The zero-order chi connectivity index (χ0) is 19.2. The lowest BCUT2D eigenvalue weighted by Gasteiger charge is -2.34. The topological polar surface area (TPSA) is 90.1 Å². The van der Waals surface area contributed by atoms with Gasteiger partial charge in [-0.05, 0) is 37.9 Å². The molecule has 3 rings (SSSR count). The number of aliphatic hydroxyl groups excluding tert-OH is 1. The molecule has 1 saturated heterocycles. The van der Waals surface area contributed by atoms with Gasteiger partial charge in [-0.1, -0.05) is 11.6 Å². The summed E-state index contributed by atoms with van der Waals surface area (Å²) < 4.78 is 21.7. The highest BCUT2D eigenvalue weighted by atomic mass is 16.5. The van der Waals surface area contributed by atoms with Crippen molar-refractivity contribution in [1.29, 1.82) is 0 Å². The summed E-state index contributed by atoms with van der Waals surface area (Å²) in [7, 11) is 4.70. The minimum atomic E-state index is 0.194. The van der Waals surface area contributed by atoms with Gasteiger partial charge in [-0.3, -0.25) is 4.90 Å². The Bertz CT molecular complexity index is 747. The summed E-state index contributed by atoms with van der Waals surface area (Å²) in [5.74, 6) is 2.55. The molecule has 0 aliphatic carbocycles. The van der Waals surface area contributed by atoms with Gasteiger partial charge >= 0.3 is 0 Å². The van der Waals surface area contributed by atoms with E-state index in [1.807, 2.05) is 6.07 Å². The lowest BCUT2D eigenvalue weighted by molar-refractivity contribution is 0.100. The first-order valence-electron chi connectivity index (χ1n) is 9.18. The highest BCUT2D eigenvalue weighted by Gasteiger charge is 2.25. The second kappa shape index (κ2) is 9.05. The molecule has 8 heteroatoms. The normalized spacial score (nSPS) is 17.7. The first-order chi connectivity index (χ1) is 13.2. The molecule has 0 bridgehead atoms. The second-order valence-corrected chi connectivity index (χ2v) is 6.53. The number of hydrogen-bond acceptors (Lipinski definition) is 8. The van der Waals surface area contributed by atoms with E-state index in [0.29, 0.717) is 47.1 Å². The third-order valence-electron chi connectivity index (χ3n) is 4.96. The van der Waals surface area contributed by atoms with Gasteiger partial charge < -0.3 is 23.8 Å². The van der Waals surface area contributed by atoms with Crippen molar-refractivity contribution in [3.63, 3.8) is 0 Å². The van der Waals surface area contributed by atoms with Crippen LogP contribution in [0.3, 0.4) is 0 Å². The van der Waals surface area contributed by atoms with E-state index in [1.165, 1.54) is 6.42 Å². The van der Waals surface area contributed by atoms with Crippen LogP contribution in [0.2, 0.25) is 0 Å². The average molecular weight is 377 g/mol. The SMILES string of the molecule is COc1ccc(-c2noc(CN3CCCC[C@@H]3CCO)n2)c(OC)c1OC. The zero-order valence-corrected chi connectivity index (χ0v) is 16.1. The number of piperidine rings is 1.